The molecule has 0 aliphatic carbocycles. The zero-order chi connectivity index (χ0) is 21.9. The van der Waals surface area contributed by atoms with Crippen LogP contribution in [0.25, 0.3) is 0 Å². The number of benzene rings is 2. The van der Waals surface area contributed by atoms with Crippen molar-refractivity contribution < 1.29 is 22.3 Å². The van der Waals surface area contributed by atoms with Crippen LogP contribution in [0.4, 0.5) is 15.8 Å². The van der Waals surface area contributed by atoms with Crippen molar-refractivity contribution in [2.75, 3.05) is 16.7 Å². The Labute approximate surface area is 182 Å². The Bertz CT molecular complexity index is 1140. The number of carbonyl (C=O) groups is 1. The number of sulfonamides is 1. The van der Waals surface area contributed by atoms with Gasteiger partial charge in [-0.15, -0.1) is 11.3 Å². The summed E-state index contributed by atoms with van der Waals surface area (Å²) in [5.74, 6) is -0.635. The molecule has 1 amide bonds. The van der Waals surface area contributed by atoms with Gasteiger partial charge in [0.05, 0.1) is 10.7 Å². The number of anilines is 2. The van der Waals surface area contributed by atoms with Crippen LogP contribution in [-0.4, -0.2) is 27.5 Å². The molecule has 0 radical (unpaired) electrons. The summed E-state index contributed by atoms with van der Waals surface area (Å²) < 4.78 is 45.4. The molecule has 1 atom stereocenters. The molecule has 30 heavy (non-hydrogen) atoms. The molecule has 0 aliphatic rings. The predicted octanol–water partition coefficient (Wildman–Crippen LogP) is 4.77. The second-order valence-corrected chi connectivity index (χ2v) is 9.83. The number of hydrogen-bond acceptors (Lipinski definition) is 5. The first-order valence-corrected chi connectivity index (χ1v) is 11.4. The van der Waals surface area contributed by atoms with E-state index in [2.05, 4.69) is 5.32 Å². The lowest BCUT2D eigenvalue weighted by Crippen LogP contribution is -2.30. The molecule has 0 aliphatic heterocycles. The molecule has 1 heterocycles. The maximum Gasteiger partial charge on any atom is 0.273 e. The smallest absolute Gasteiger partial charge is 0.273 e. The molecule has 1 N–H and O–H groups in total. The molecule has 0 bridgehead atoms. The number of hydrogen-bond donors (Lipinski definition) is 1. The maximum absolute atomic E-state index is 13.2. The van der Waals surface area contributed by atoms with E-state index in [1.54, 1.807) is 48.7 Å². The summed E-state index contributed by atoms with van der Waals surface area (Å²) in [6.07, 6.45) is -0.854. The molecule has 1 unspecified atom stereocenters. The lowest BCUT2D eigenvalue weighted by atomic mass is 10.2. The van der Waals surface area contributed by atoms with Crippen LogP contribution in [0.5, 0.6) is 5.75 Å². The van der Waals surface area contributed by atoms with E-state index in [1.807, 2.05) is 0 Å². The molecule has 0 spiro atoms. The molecular formula is C20H18ClFN2O4S2. The number of nitrogens with one attached hydrogen (secondary N) is 1. The van der Waals surface area contributed by atoms with Gasteiger partial charge in [-0.05, 0) is 60.8 Å². The van der Waals surface area contributed by atoms with E-state index < -0.39 is 27.9 Å². The van der Waals surface area contributed by atoms with E-state index in [0.29, 0.717) is 17.1 Å². The van der Waals surface area contributed by atoms with E-state index in [9.17, 15) is 17.6 Å². The standard InChI is InChI=1S/C20H18ClFN2O4S2/c1-13(20(25)23-14-5-10-18(22)17(21)12-14)28-16-8-6-15(7-9-16)24(2)30(26,27)19-4-3-11-29-19/h3-13H,1-2H3,(H,23,25). The quantitative estimate of drug-likeness (QED) is 0.541. The Hall–Kier alpha value is -2.62. The number of ether oxygens (including phenoxy) is 1. The molecule has 10 heteroatoms. The van der Waals surface area contributed by atoms with Crippen LogP contribution < -0.4 is 14.4 Å². The van der Waals surface area contributed by atoms with Gasteiger partial charge < -0.3 is 10.1 Å². The first kappa shape index (κ1) is 22.1. The molecule has 1 aromatic heterocycles. The van der Waals surface area contributed by atoms with Crippen LogP contribution in [-0.2, 0) is 14.8 Å². The Morgan fingerprint density at radius 2 is 1.90 bits per heavy atom. The summed E-state index contributed by atoms with van der Waals surface area (Å²) in [6.45, 7) is 1.56. The van der Waals surface area contributed by atoms with Gasteiger partial charge in [0.2, 0.25) is 0 Å². The number of halogens is 2. The van der Waals surface area contributed by atoms with Crippen LogP contribution in [0.1, 0.15) is 6.92 Å². The van der Waals surface area contributed by atoms with Crippen molar-refractivity contribution in [2.45, 2.75) is 17.2 Å². The summed E-state index contributed by atoms with van der Waals surface area (Å²) in [5, 5.41) is 4.19. The van der Waals surface area contributed by atoms with Gasteiger partial charge in [-0.2, -0.15) is 0 Å². The van der Waals surface area contributed by atoms with Crippen molar-refractivity contribution in [1.82, 2.24) is 0 Å². The summed E-state index contributed by atoms with van der Waals surface area (Å²) in [7, 11) is -2.16. The van der Waals surface area contributed by atoms with Gasteiger partial charge >= 0.3 is 0 Å². The topological polar surface area (TPSA) is 75.7 Å². The van der Waals surface area contributed by atoms with E-state index >= 15 is 0 Å². The molecule has 3 rings (SSSR count). The molecule has 0 saturated heterocycles. The Morgan fingerprint density at radius 1 is 1.20 bits per heavy atom. The van der Waals surface area contributed by atoms with Crippen LogP contribution in [0.15, 0.2) is 64.2 Å². The molecule has 6 nitrogen and oxygen atoms in total. The molecule has 0 saturated carbocycles. The third-order valence-corrected chi connectivity index (χ3v) is 7.63. The van der Waals surface area contributed by atoms with Gasteiger partial charge in [0.15, 0.2) is 6.10 Å². The minimum Gasteiger partial charge on any atom is -0.481 e. The fourth-order valence-corrected chi connectivity index (χ4v) is 5.03. The van der Waals surface area contributed by atoms with Crippen LogP contribution >= 0.6 is 22.9 Å². The van der Waals surface area contributed by atoms with Crippen molar-refractivity contribution in [3.05, 3.63) is 70.8 Å². The minimum atomic E-state index is -3.63. The number of carbonyl (C=O) groups excluding carboxylic acids is 1. The zero-order valence-electron chi connectivity index (χ0n) is 16.0. The highest BCUT2D eigenvalue weighted by molar-refractivity contribution is 7.94. The first-order chi connectivity index (χ1) is 14.2. The van der Waals surface area contributed by atoms with E-state index in [4.69, 9.17) is 16.3 Å². The highest BCUT2D eigenvalue weighted by Crippen LogP contribution is 2.27. The summed E-state index contributed by atoms with van der Waals surface area (Å²) in [6, 6.07) is 13.4. The molecular weight excluding hydrogens is 451 g/mol. The average molecular weight is 469 g/mol. The van der Waals surface area contributed by atoms with Gasteiger partial charge in [-0.1, -0.05) is 17.7 Å². The van der Waals surface area contributed by atoms with Crippen molar-refractivity contribution in [1.29, 1.82) is 0 Å². The lowest BCUT2D eigenvalue weighted by molar-refractivity contribution is -0.122. The second-order valence-electron chi connectivity index (χ2n) is 6.28. The van der Waals surface area contributed by atoms with E-state index in [0.717, 1.165) is 17.4 Å². The highest BCUT2D eigenvalue weighted by Gasteiger charge is 2.22. The Kier molecular flexibility index (Phi) is 6.64. The number of nitrogens with zero attached hydrogens (tertiary/aromatic N) is 1. The van der Waals surface area contributed by atoms with Crippen molar-refractivity contribution in [3.63, 3.8) is 0 Å². The van der Waals surface area contributed by atoms with Crippen molar-refractivity contribution in [2.24, 2.45) is 0 Å². The van der Waals surface area contributed by atoms with Gasteiger partial charge in [-0.3, -0.25) is 9.10 Å². The van der Waals surface area contributed by atoms with Crippen LogP contribution in [0.3, 0.4) is 0 Å². The largest absolute Gasteiger partial charge is 0.481 e. The third kappa shape index (κ3) is 4.92. The molecule has 158 valence electrons. The van der Waals surface area contributed by atoms with Gasteiger partial charge in [0, 0.05) is 12.7 Å². The summed E-state index contributed by atoms with van der Waals surface area (Å²) in [5.41, 5.74) is 0.798. The SMILES string of the molecule is CC(Oc1ccc(N(C)S(=O)(=O)c2cccs2)cc1)C(=O)Nc1ccc(F)c(Cl)c1. The van der Waals surface area contributed by atoms with Crippen LogP contribution in [0.2, 0.25) is 5.02 Å². The predicted molar refractivity (Wildman–Crippen MR) is 116 cm³/mol. The Balaban J connectivity index is 1.64. The molecule has 2 aromatic carbocycles. The zero-order valence-corrected chi connectivity index (χ0v) is 18.4. The first-order valence-electron chi connectivity index (χ1n) is 8.73. The third-order valence-electron chi connectivity index (χ3n) is 4.18. The van der Waals surface area contributed by atoms with Gasteiger partial charge in [0.1, 0.15) is 15.8 Å². The lowest BCUT2D eigenvalue weighted by Gasteiger charge is -2.19. The maximum atomic E-state index is 13.2. The fourth-order valence-electron chi connectivity index (χ4n) is 2.49. The number of amides is 1. The van der Waals surface area contributed by atoms with Gasteiger partial charge in [-0.25, -0.2) is 12.8 Å². The summed E-state index contributed by atoms with van der Waals surface area (Å²) in [4.78, 5) is 12.3. The molecule has 3 aromatic rings. The average Bonchev–Trinajstić information content (AvgIpc) is 3.26. The van der Waals surface area contributed by atoms with E-state index in [1.165, 1.54) is 23.5 Å². The summed E-state index contributed by atoms with van der Waals surface area (Å²) >= 11 is 6.85. The highest BCUT2D eigenvalue weighted by atomic mass is 35.5. The number of thiophene rings is 1. The van der Waals surface area contributed by atoms with Gasteiger partial charge in [0.25, 0.3) is 15.9 Å². The monoisotopic (exact) mass is 468 g/mol. The Morgan fingerprint density at radius 3 is 2.50 bits per heavy atom. The fraction of sp³-hybridized carbons (Fsp3) is 0.150. The second kappa shape index (κ2) is 9.03. The van der Waals surface area contributed by atoms with Crippen molar-refractivity contribution >= 4 is 50.2 Å². The minimum absolute atomic E-state index is 0.0985. The number of rotatable bonds is 7. The van der Waals surface area contributed by atoms with Crippen LogP contribution in [0, 0.1) is 5.82 Å². The normalized spacial score (nSPS) is 12.3. The molecule has 0 fully saturated rings. The van der Waals surface area contributed by atoms with E-state index in [-0.39, 0.29) is 9.23 Å². The van der Waals surface area contributed by atoms with Crippen molar-refractivity contribution in [3.8, 4) is 5.75 Å².